The Kier molecular flexibility index (Phi) is 5.94. The number of fused-ring (bicyclic) bond motifs is 2. The maximum absolute atomic E-state index is 5.79. The number of rotatable bonds is 7. The second-order valence-electron chi connectivity index (χ2n) is 7.39. The molecule has 0 aromatic carbocycles. The molecule has 5 heteroatoms. The fourth-order valence-electron chi connectivity index (χ4n) is 4.09. The molecule has 1 heterocycles. The van der Waals surface area contributed by atoms with Gasteiger partial charge in [0.25, 0.3) is 0 Å². The predicted molar refractivity (Wildman–Crippen MR) is 103 cm³/mol. The molecule has 0 spiro atoms. The third-order valence-corrected chi connectivity index (χ3v) is 6.53. The number of nitrogens with zero attached hydrogens (tertiary/aromatic N) is 2. The fraction of sp³-hybridized carbons (Fsp3) is 0.722. The summed E-state index contributed by atoms with van der Waals surface area (Å²) in [7, 11) is 4.27. The molecule has 3 rings (SSSR count). The van der Waals surface area contributed by atoms with Crippen LogP contribution in [0.3, 0.4) is 0 Å². The molecule has 0 unspecified atom stereocenters. The molecule has 2 saturated carbocycles. The van der Waals surface area contributed by atoms with E-state index >= 15 is 0 Å². The molecule has 23 heavy (non-hydrogen) atoms. The van der Waals surface area contributed by atoms with Gasteiger partial charge in [0, 0.05) is 17.5 Å². The quantitative estimate of drug-likeness (QED) is 0.757. The van der Waals surface area contributed by atoms with Crippen molar-refractivity contribution >= 4 is 28.7 Å². The lowest BCUT2D eigenvalue weighted by Crippen LogP contribution is -2.46. The smallest absolute Gasteiger partial charge is 0.169 e. The molecule has 0 aliphatic heterocycles. The minimum atomic E-state index is 0.626. The van der Waals surface area contributed by atoms with Crippen LogP contribution in [0, 0.1) is 11.8 Å². The van der Waals surface area contributed by atoms with Crippen LogP contribution in [0.15, 0.2) is 17.5 Å². The highest BCUT2D eigenvalue weighted by atomic mass is 32.1. The highest BCUT2D eigenvalue weighted by molar-refractivity contribution is 7.80. The van der Waals surface area contributed by atoms with E-state index in [1.54, 1.807) is 0 Å². The van der Waals surface area contributed by atoms with Crippen molar-refractivity contribution in [3.05, 3.63) is 22.4 Å². The molecule has 3 nitrogen and oxygen atoms in total. The molecule has 0 amide bonds. The van der Waals surface area contributed by atoms with E-state index in [4.69, 9.17) is 12.2 Å². The van der Waals surface area contributed by atoms with Crippen LogP contribution in [0.4, 0.5) is 0 Å². The first-order valence-corrected chi connectivity index (χ1v) is 10.1. The van der Waals surface area contributed by atoms with Gasteiger partial charge in [0.2, 0.25) is 0 Å². The van der Waals surface area contributed by atoms with Crippen LogP contribution in [0.25, 0.3) is 0 Å². The Balaban J connectivity index is 1.55. The molecule has 2 aliphatic carbocycles. The van der Waals surface area contributed by atoms with Gasteiger partial charge in [-0.25, -0.2) is 0 Å². The van der Waals surface area contributed by atoms with Gasteiger partial charge in [-0.3, -0.25) is 0 Å². The summed E-state index contributed by atoms with van der Waals surface area (Å²) in [6.07, 6.45) is 6.74. The van der Waals surface area contributed by atoms with Crippen LogP contribution < -0.4 is 5.32 Å². The second kappa shape index (κ2) is 7.95. The Bertz CT molecular complexity index is 500. The zero-order chi connectivity index (χ0) is 16.2. The van der Waals surface area contributed by atoms with Crippen LogP contribution in [-0.4, -0.2) is 48.1 Å². The van der Waals surface area contributed by atoms with E-state index in [1.165, 1.54) is 30.6 Å². The summed E-state index contributed by atoms with van der Waals surface area (Å²) < 4.78 is 0. The molecule has 128 valence electrons. The normalized spacial score (nSPS) is 26.0. The molecular weight excluding hydrogens is 322 g/mol. The summed E-state index contributed by atoms with van der Waals surface area (Å²) in [4.78, 5) is 6.01. The summed E-state index contributed by atoms with van der Waals surface area (Å²) >= 11 is 7.61. The molecule has 1 aromatic rings. The van der Waals surface area contributed by atoms with E-state index in [2.05, 4.69) is 46.7 Å². The zero-order valence-electron chi connectivity index (χ0n) is 14.3. The van der Waals surface area contributed by atoms with Gasteiger partial charge in [0.05, 0.1) is 6.54 Å². The fourth-order valence-corrected chi connectivity index (χ4v) is 5.12. The van der Waals surface area contributed by atoms with Gasteiger partial charge in [-0.15, -0.1) is 11.3 Å². The topological polar surface area (TPSA) is 18.5 Å². The number of thiocarbonyl (C=S) groups is 1. The van der Waals surface area contributed by atoms with Crippen LogP contribution >= 0.6 is 23.6 Å². The first-order valence-electron chi connectivity index (χ1n) is 8.84. The number of hydrogen-bond acceptors (Lipinski definition) is 3. The van der Waals surface area contributed by atoms with E-state index in [-0.39, 0.29) is 0 Å². The largest absolute Gasteiger partial charge is 0.360 e. The van der Waals surface area contributed by atoms with E-state index < -0.39 is 0 Å². The first kappa shape index (κ1) is 17.2. The van der Waals surface area contributed by atoms with E-state index in [1.807, 2.05) is 11.3 Å². The average molecular weight is 352 g/mol. The molecule has 1 N–H and O–H groups in total. The maximum Gasteiger partial charge on any atom is 0.169 e. The lowest BCUT2D eigenvalue weighted by atomic mass is 9.95. The van der Waals surface area contributed by atoms with Crippen molar-refractivity contribution in [1.29, 1.82) is 0 Å². The van der Waals surface area contributed by atoms with Crippen LogP contribution in [0.2, 0.25) is 0 Å². The van der Waals surface area contributed by atoms with E-state index in [9.17, 15) is 0 Å². The van der Waals surface area contributed by atoms with E-state index in [0.717, 1.165) is 43.0 Å². The minimum absolute atomic E-state index is 0.626. The molecule has 0 radical (unpaired) electrons. The Hall–Kier alpha value is -0.650. The minimum Gasteiger partial charge on any atom is -0.360 e. The van der Waals surface area contributed by atoms with Crippen molar-refractivity contribution in [3.8, 4) is 0 Å². The second-order valence-corrected chi connectivity index (χ2v) is 8.81. The predicted octanol–water partition coefficient (Wildman–Crippen LogP) is 3.56. The highest BCUT2D eigenvalue weighted by Gasteiger charge is 2.40. The van der Waals surface area contributed by atoms with Crippen molar-refractivity contribution in [2.45, 2.75) is 44.7 Å². The third-order valence-electron chi connectivity index (χ3n) is 5.29. The number of hydrogen-bond donors (Lipinski definition) is 1. The molecule has 1 aromatic heterocycles. The van der Waals surface area contributed by atoms with Gasteiger partial charge < -0.3 is 15.1 Å². The molecule has 2 bridgehead atoms. The third kappa shape index (κ3) is 4.68. The molecule has 3 atom stereocenters. The average Bonchev–Trinajstić information content (AvgIpc) is 3.23. The lowest BCUT2D eigenvalue weighted by Gasteiger charge is -2.31. The van der Waals surface area contributed by atoms with Crippen molar-refractivity contribution in [3.63, 3.8) is 0 Å². The maximum atomic E-state index is 5.79. The van der Waals surface area contributed by atoms with Crippen LogP contribution in [0.1, 0.15) is 37.0 Å². The van der Waals surface area contributed by atoms with Gasteiger partial charge >= 0.3 is 0 Å². The summed E-state index contributed by atoms with van der Waals surface area (Å²) in [5.41, 5.74) is 0. The molecule has 2 fully saturated rings. The van der Waals surface area contributed by atoms with Gasteiger partial charge in [-0.1, -0.05) is 12.5 Å². The summed E-state index contributed by atoms with van der Waals surface area (Å²) in [5.74, 6) is 1.82. The first-order chi connectivity index (χ1) is 11.1. The van der Waals surface area contributed by atoms with Gasteiger partial charge in [0.15, 0.2) is 5.11 Å². The summed E-state index contributed by atoms with van der Waals surface area (Å²) in [5, 5.41) is 6.83. The molecule has 0 saturated heterocycles. The Morgan fingerprint density at radius 1 is 1.30 bits per heavy atom. The summed E-state index contributed by atoms with van der Waals surface area (Å²) in [6.45, 7) is 3.08. The summed E-state index contributed by atoms with van der Waals surface area (Å²) in [6, 6.07) is 4.97. The SMILES string of the molecule is CN(C)CCCN(Cc1cccs1)C(=S)N[C@@H]1C[C@@H]2CC[C@@H]1C2. The highest BCUT2D eigenvalue weighted by Crippen LogP contribution is 2.44. The standard InChI is InChI=1S/C18H29N3S2/c1-20(2)8-4-9-21(13-16-5-3-10-23-16)18(22)19-17-12-14-6-7-15(17)11-14/h3,5,10,14-15,17H,4,6-9,11-13H2,1-2H3,(H,19,22)/t14-,15-,17-/m1/s1. The van der Waals surface area contributed by atoms with Gasteiger partial charge in [-0.2, -0.15) is 0 Å². The van der Waals surface area contributed by atoms with Crippen LogP contribution in [0.5, 0.6) is 0 Å². The lowest BCUT2D eigenvalue weighted by molar-refractivity contribution is 0.328. The van der Waals surface area contributed by atoms with Gasteiger partial charge in [0.1, 0.15) is 0 Å². The van der Waals surface area contributed by atoms with Gasteiger partial charge in [-0.05, 0) is 81.8 Å². The molecule has 2 aliphatic rings. The number of nitrogens with one attached hydrogen (secondary N) is 1. The van der Waals surface area contributed by atoms with Crippen molar-refractivity contribution in [1.82, 2.24) is 15.1 Å². The van der Waals surface area contributed by atoms with Crippen molar-refractivity contribution in [2.75, 3.05) is 27.2 Å². The zero-order valence-corrected chi connectivity index (χ0v) is 16.0. The Morgan fingerprint density at radius 2 is 2.17 bits per heavy atom. The monoisotopic (exact) mass is 351 g/mol. The number of thiophene rings is 1. The van der Waals surface area contributed by atoms with Crippen molar-refractivity contribution in [2.24, 2.45) is 11.8 Å². The molecular formula is C18H29N3S2. The van der Waals surface area contributed by atoms with Crippen LogP contribution in [-0.2, 0) is 6.54 Å². The van der Waals surface area contributed by atoms with E-state index in [0.29, 0.717) is 6.04 Å². The Morgan fingerprint density at radius 3 is 2.78 bits per heavy atom. The Labute approximate surface area is 150 Å². The van der Waals surface area contributed by atoms with Crippen molar-refractivity contribution < 1.29 is 0 Å².